The fourth-order valence-electron chi connectivity index (χ4n) is 3.07. The van der Waals surface area contributed by atoms with E-state index in [-0.39, 0.29) is 0 Å². The molecule has 0 aliphatic heterocycles. The highest BCUT2D eigenvalue weighted by Gasteiger charge is 2.22. The van der Waals surface area contributed by atoms with Crippen molar-refractivity contribution in [2.24, 2.45) is 0 Å². The van der Waals surface area contributed by atoms with Crippen LogP contribution in [0.1, 0.15) is 29.0 Å². The van der Waals surface area contributed by atoms with Crippen LogP contribution in [0.3, 0.4) is 0 Å². The molecule has 27 heavy (non-hydrogen) atoms. The highest BCUT2D eigenvalue weighted by molar-refractivity contribution is 5.86. The SMILES string of the molecule is O=C(NO)C(c1ccccc1)c1ccc(OCCCc2ccccc2)cc1. The van der Waals surface area contributed by atoms with Gasteiger partial charge >= 0.3 is 0 Å². The summed E-state index contributed by atoms with van der Waals surface area (Å²) in [5, 5.41) is 9.10. The van der Waals surface area contributed by atoms with Crippen molar-refractivity contribution in [3.05, 3.63) is 102 Å². The van der Waals surface area contributed by atoms with E-state index in [1.807, 2.05) is 72.8 Å². The number of hydroxylamine groups is 1. The molecule has 4 heteroatoms. The molecule has 0 bridgehead atoms. The number of carbonyl (C=O) groups excluding carboxylic acids is 1. The van der Waals surface area contributed by atoms with Gasteiger partial charge in [0, 0.05) is 0 Å². The number of aryl methyl sites for hydroxylation is 1. The summed E-state index contributed by atoms with van der Waals surface area (Å²) in [6.45, 7) is 0.632. The van der Waals surface area contributed by atoms with Gasteiger partial charge in [0.25, 0.3) is 5.91 Å². The first-order valence-corrected chi connectivity index (χ1v) is 9.03. The Labute approximate surface area is 159 Å². The maximum Gasteiger partial charge on any atom is 0.255 e. The van der Waals surface area contributed by atoms with Crippen LogP contribution in [-0.4, -0.2) is 17.7 Å². The topological polar surface area (TPSA) is 58.6 Å². The molecule has 3 aromatic rings. The zero-order valence-electron chi connectivity index (χ0n) is 15.0. The number of amides is 1. The lowest BCUT2D eigenvalue weighted by atomic mass is 9.91. The van der Waals surface area contributed by atoms with Crippen molar-refractivity contribution in [3.63, 3.8) is 0 Å². The zero-order chi connectivity index (χ0) is 18.9. The Morgan fingerprint density at radius 3 is 2.07 bits per heavy atom. The number of ether oxygens (including phenoxy) is 1. The smallest absolute Gasteiger partial charge is 0.255 e. The molecule has 0 heterocycles. The van der Waals surface area contributed by atoms with Crippen LogP contribution in [0.25, 0.3) is 0 Å². The summed E-state index contributed by atoms with van der Waals surface area (Å²) in [5.41, 5.74) is 4.68. The van der Waals surface area contributed by atoms with E-state index in [9.17, 15) is 4.79 Å². The second kappa shape index (κ2) is 9.55. The molecule has 4 nitrogen and oxygen atoms in total. The monoisotopic (exact) mass is 361 g/mol. The Morgan fingerprint density at radius 2 is 1.44 bits per heavy atom. The van der Waals surface area contributed by atoms with Gasteiger partial charge < -0.3 is 4.74 Å². The van der Waals surface area contributed by atoms with Crippen LogP contribution in [0.2, 0.25) is 0 Å². The first kappa shape index (κ1) is 18.7. The third-order valence-electron chi connectivity index (χ3n) is 4.44. The number of nitrogens with one attached hydrogen (secondary N) is 1. The first-order chi connectivity index (χ1) is 13.3. The van der Waals surface area contributed by atoms with Crippen molar-refractivity contribution < 1.29 is 14.7 Å². The minimum absolute atomic E-state index is 0.460. The maximum atomic E-state index is 12.2. The van der Waals surface area contributed by atoms with Gasteiger partial charge in [-0.1, -0.05) is 72.8 Å². The molecule has 1 amide bonds. The van der Waals surface area contributed by atoms with Crippen molar-refractivity contribution >= 4 is 5.91 Å². The zero-order valence-corrected chi connectivity index (χ0v) is 15.0. The second-order valence-corrected chi connectivity index (χ2v) is 6.33. The molecule has 0 aliphatic rings. The summed E-state index contributed by atoms with van der Waals surface area (Å²) < 4.78 is 5.81. The molecular formula is C23H23NO3. The van der Waals surface area contributed by atoms with Gasteiger partial charge in [-0.25, -0.2) is 5.48 Å². The molecule has 0 fully saturated rings. The number of hydrogen-bond acceptors (Lipinski definition) is 3. The minimum Gasteiger partial charge on any atom is -0.494 e. The molecule has 138 valence electrons. The van der Waals surface area contributed by atoms with E-state index in [4.69, 9.17) is 9.94 Å². The third-order valence-corrected chi connectivity index (χ3v) is 4.44. The van der Waals surface area contributed by atoms with E-state index in [1.54, 1.807) is 5.48 Å². The van der Waals surface area contributed by atoms with Gasteiger partial charge in [0.1, 0.15) is 5.75 Å². The van der Waals surface area contributed by atoms with Gasteiger partial charge in [-0.2, -0.15) is 0 Å². The van der Waals surface area contributed by atoms with Crippen LogP contribution in [0.5, 0.6) is 5.75 Å². The molecule has 3 aromatic carbocycles. The van der Waals surface area contributed by atoms with Crippen molar-refractivity contribution in [1.82, 2.24) is 5.48 Å². The summed E-state index contributed by atoms with van der Waals surface area (Å²) in [4.78, 5) is 12.2. The predicted molar refractivity (Wildman–Crippen MR) is 105 cm³/mol. The van der Waals surface area contributed by atoms with Crippen molar-refractivity contribution in [2.75, 3.05) is 6.61 Å². The van der Waals surface area contributed by atoms with Crippen LogP contribution in [0, 0.1) is 0 Å². The van der Waals surface area contributed by atoms with Gasteiger partial charge in [-0.05, 0) is 41.7 Å². The van der Waals surface area contributed by atoms with Gasteiger partial charge in [-0.3, -0.25) is 10.0 Å². The summed E-state index contributed by atoms with van der Waals surface area (Å²) >= 11 is 0. The first-order valence-electron chi connectivity index (χ1n) is 9.03. The molecule has 2 N–H and O–H groups in total. The Morgan fingerprint density at radius 1 is 0.852 bits per heavy atom. The third kappa shape index (κ3) is 5.19. The van der Waals surface area contributed by atoms with Crippen molar-refractivity contribution in [1.29, 1.82) is 0 Å². The van der Waals surface area contributed by atoms with E-state index in [0.717, 1.165) is 29.7 Å². The van der Waals surface area contributed by atoms with E-state index in [2.05, 4.69) is 12.1 Å². The van der Waals surface area contributed by atoms with Crippen LogP contribution >= 0.6 is 0 Å². The standard InChI is InChI=1S/C23H23NO3/c25-23(24-26)22(19-11-5-2-6-12-19)20-13-15-21(16-14-20)27-17-7-10-18-8-3-1-4-9-18/h1-6,8-9,11-16,22,26H,7,10,17H2,(H,24,25). The maximum absolute atomic E-state index is 12.2. The lowest BCUT2D eigenvalue weighted by Crippen LogP contribution is -2.27. The molecular weight excluding hydrogens is 338 g/mol. The molecule has 1 unspecified atom stereocenters. The number of benzene rings is 3. The Bertz CT molecular complexity index is 833. The fraction of sp³-hybridized carbons (Fsp3) is 0.174. The van der Waals surface area contributed by atoms with E-state index >= 15 is 0 Å². The summed E-state index contributed by atoms with van der Waals surface area (Å²) in [5.74, 6) is -0.260. The molecule has 3 rings (SSSR count). The number of carbonyl (C=O) groups is 1. The van der Waals surface area contributed by atoms with E-state index in [0.29, 0.717) is 6.61 Å². The highest BCUT2D eigenvalue weighted by atomic mass is 16.5. The van der Waals surface area contributed by atoms with Gasteiger partial charge in [-0.15, -0.1) is 0 Å². The molecule has 0 spiro atoms. The Hall–Kier alpha value is -3.11. The quantitative estimate of drug-likeness (QED) is 0.357. The molecule has 0 aliphatic carbocycles. The molecule has 0 saturated carbocycles. The fourth-order valence-corrected chi connectivity index (χ4v) is 3.07. The lowest BCUT2D eigenvalue weighted by Gasteiger charge is -2.16. The number of hydrogen-bond donors (Lipinski definition) is 2. The predicted octanol–water partition coefficient (Wildman–Crippen LogP) is 4.34. The average molecular weight is 361 g/mol. The Balaban J connectivity index is 1.60. The summed E-state index contributed by atoms with van der Waals surface area (Å²) in [7, 11) is 0. The normalized spacial score (nSPS) is 11.6. The Kier molecular flexibility index (Phi) is 6.61. The molecule has 1 atom stereocenters. The number of rotatable bonds is 8. The van der Waals surface area contributed by atoms with E-state index < -0.39 is 11.8 Å². The molecule has 0 aromatic heterocycles. The van der Waals surface area contributed by atoms with Crippen LogP contribution in [0.4, 0.5) is 0 Å². The largest absolute Gasteiger partial charge is 0.494 e. The van der Waals surface area contributed by atoms with Crippen molar-refractivity contribution in [3.8, 4) is 5.75 Å². The van der Waals surface area contributed by atoms with E-state index in [1.165, 1.54) is 5.56 Å². The van der Waals surface area contributed by atoms with Crippen LogP contribution < -0.4 is 10.2 Å². The average Bonchev–Trinajstić information content (AvgIpc) is 2.74. The van der Waals surface area contributed by atoms with Gasteiger partial charge in [0.2, 0.25) is 0 Å². The molecule has 0 saturated heterocycles. The minimum atomic E-state index is -0.566. The van der Waals surface area contributed by atoms with Gasteiger partial charge in [0.15, 0.2) is 0 Å². The van der Waals surface area contributed by atoms with Crippen LogP contribution in [-0.2, 0) is 11.2 Å². The summed E-state index contributed by atoms with van der Waals surface area (Å²) in [6.07, 6.45) is 1.91. The van der Waals surface area contributed by atoms with Crippen molar-refractivity contribution in [2.45, 2.75) is 18.8 Å². The molecule has 0 radical (unpaired) electrons. The summed E-state index contributed by atoms with van der Waals surface area (Å²) in [6, 6.07) is 27.1. The second-order valence-electron chi connectivity index (χ2n) is 6.33. The van der Waals surface area contributed by atoms with Gasteiger partial charge in [0.05, 0.1) is 12.5 Å². The van der Waals surface area contributed by atoms with Crippen LogP contribution in [0.15, 0.2) is 84.9 Å². The lowest BCUT2D eigenvalue weighted by molar-refractivity contribution is -0.129. The highest BCUT2D eigenvalue weighted by Crippen LogP contribution is 2.26.